The third kappa shape index (κ3) is 3.70. The Hall–Kier alpha value is -2.35. The standard InChI is InChI=1S/C15H17N5O2S/c1-10(23-15-18-16-9-20(15)2)14-17-13(19-22-14)8-11-4-6-12(21-3)7-5-11/h4-7,9-10H,8H2,1-3H3/t10-/m0/s1. The number of aromatic nitrogens is 5. The Morgan fingerprint density at radius 2 is 2.09 bits per heavy atom. The van der Waals surface area contributed by atoms with E-state index in [0.29, 0.717) is 18.1 Å². The van der Waals surface area contributed by atoms with Gasteiger partial charge in [0.1, 0.15) is 12.1 Å². The van der Waals surface area contributed by atoms with Crippen molar-refractivity contribution in [3.63, 3.8) is 0 Å². The van der Waals surface area contributed by atoms with Crippen LogP contribution in [0.5, 0.6) is 5.75 Å². The summed E-state index contributed by atoms with van der Waals surface area (Å²) in [6.07, 6.45) is 2.28. The van der Waals surface area contributed by atoms with Crippen molar-refractivity contribution < 1.29 is 9.26 Å². The van der Waals surface area contributed by atoms with Crippen LogP contribution in [0.15, 0.2) is 40.3 Å². The molecule has 1 atom stereocenters. The minimum absolute atomic E-state index is 0.00928. The van der Waals surface area contributed by atoms with Gasteiger partial charge in [-0.15, -0.1) is 10.2 Å². The molecule has 8 heteroatoms. The van der Waals surface area contributed by atoms with Gasteiger partial charge in [-0.25, -0.2) is 0 Å². The first-order valence-corrected chi connectivity index (χ1v) is 7.99. The Bertz CT molecular complexity index is 768. The molecule has 0 spiro atoms. The van der Waals surface area contributed by atoms with E-state index in [0.717, 1.165) is 16.5 Å². The zero-order chi connectivity index (χ0) is 16.2. The van der Waals surface area contributed by atoms with Crippen molar-refractivity contribution in [2.75, 3.05) is 7.11 Å². The summed E-state index contributed by atoms with van der Waals surface area (Å²) >= 11 is 1.53. The summed E-state index contributed by atoms with van der Waals surface area (Å²) in [6.45, 7) is 2.00. The van der Waals surface area contributed by atoms with E-state index in [1.165, 1.54) is 11.8 Å². The molecule has 3 aromatic rings. The molecule has 0 saturated heterocycles. The Morgan fingerprint density at radius 3 is 2.74 bits per heavy atom. The lowest BCUT2D eigenvalue weighted by Crippen LogP contribution is -1.95. The molecule has 0 amide bonds. The van der Waals surface area contributed by atoms with E-state index in [1.54, 1.807) is 13.4 Å². The van der Waals surface area contributed by atoms with Crippen molar-refractivity contribution in [2.45, 2.75) is 23.8 Å². The van der Waals surface area contributed by atoms with Crippen molar-refractivity contribution in [3.8, 4) is 5.75 Å². The van der Waals surface area contributed by atoms with Crippen molar-refractivity contribution in [3.05, 3.63) is 47.9 Å². The van der Waals surface area contributed by atoms with Crippen molar-refractivity contribution in [2.24, 2.45) is 7.05 Å². The smallest absolute Gasteiger partial charge is 0.239 e. The highest BCUT2D eigenvalue weighted by Gasteiger charge is 2.18. The number of aryl methyl sites for hydroxylation is 1. The fraction of sp³-hybridized carbons (Fsp3) is 0.333. The number of hydrogen-bond donors (Lipinski definition) is 0. The van der Waals surface area contributed by atoms with Gasteiger partial charge in [0.15, 0.2) is 11.0 Å². The van der Waals surface area contributed by atoms with Gasteiger partial charge in [-0.2, -0.15) is 4.98 Å². The minimum Gasteiger partial charge on any atom is -0.497 e. The zero-order valence-corrected chi connectivity index (χ0v) is 13.9. The lowest BCUT2D eigenvalue weighted by Gasteiger charge is -2.04. The number of nitrogens with zero attached hydrogens (tertiary/aromatic N) is 5. The van der Waals surface area contributed by atoms with Gasteiger partial charge >= 0.3 is 0 Å². The van der Waals surface area contributed by atoms with Crippen molar-refractivity contribution in [1.29, 1.82) is 0 Å². The van der Waals surface area contributed by atoms with Crippen LogP contribution in [0.1, 0.15) is 29.5 Å². The van der Waals surface area contributed by atoms with Gasteiger partial charge in [0.25, 0.3) is 0 Å². The van der Waals surface area contributed by atoms with Crippen molar-refractivity contribution >= 4 is 11.8 Å². The second kappa shape index (κ2) is 6.82. The minimum atomic E-state index is 0.00928. The summed E-state index contributed by atoms with van der Waals surface area (Å²) in [5.41, 5.74) is 1.10. The van der Waals surface area contributed by atoms with E-state index in [-0.39, 0.29) is 5.25 Å². The SMILES string of the molecule is COc1ccc(Cc2noc([C@H](C)Sc3nncn3C)n2)cc1. The van der Waals surface area contributed by atoms with Crippen LogP contribution in [-0.4, -0.2) is 32.0 Å². The number of rotatable bonds is 6. The number of ether oxygens (including phenoxy) is 1. The van der Waals surface area contributed by atoms with Crippen LogP contribution in [0.4, 0.5) is 0 Å². The first-order chi connectivity index (χ1) is 11.2. The van der Waals surface area contributed by atoms with Gasteiger partial charge < -0.3 is 13.8 Å². The summed E-state index contributed by atoms with van der Waals surface area (Å²) in [4.78, 5) is 4.47. The molecule has 0 saturated carbocycles. The third-order valence-corrected chi connectivity index (χ3v) is 4.44. The Balaban J connectivity index is 1.66. The van der Waals surface area contributed by atoms with Gasteiger partial charge in [-0.1, -0.05) is 29.1 Å². The summed E-state index contributed by atoms with van der Waals surface area (Å²) < 4.78 is 12.4. The summed E-state index contributed by atoms with van der Waals surface area (Å²) in [6, 6.07) is 7.82. The van der Waals surface area contributed by atoms with Gasteiger partial charge in [-0.05, 0) is 24.6 Å². The Morgan fingerprint density at radius 1 is 1.30 bits per heavy atom. The van der Waals surface area contributed by atoms with Gasteiger partial charge in [0.05, 0.1) is 12.4 Å². The van der Waals surface area contributed by atoms with Crippen molar-refractivity contribution in [1.82, 2.24) is 24.9 Å². The van der Waals surface area contributed by atoms with Gasteiger partial charge in [0, 0.05) is 13.5 Å². The average molecular weight is 331 g/mol. The van der Waals surface area contributed by atoms with Crippen LogP contribution in [0.2, 0.25) is 0 Å². The topological polar surface area (TPSA) is 78.9 Å². The monoisotopic (exact) mass is 331 g/mol. The maximum absolute atomic E-state index is 5.37. The highest BCUT2D eigenvalue weighted by atomic mass is 32.2. The highest BCUT2D eigenvalue weighted by Crippen LogP contribution is 2.32. The molecule has 0 fully saturated rings. The van der Waals surface area contributed by atoms with E-state index in [9.17, 15) is 0 Å². The maximum Gasteiger partial charge on any atom is 0.239 e. The number of methoxy groups -OCH3 is 1. The van der Waals surface area contributed by atoms with E-state index in [2.05, 4.69) is 20.3 Å². The van der Waals surface area contributed by atoms with Crippen LogP contribution in [-0.2, 0) is 13.5 Å². The molecule has 2 heterocycles. The number of thioether (sulfide) groups is 1. The molecule has 0 aliphatic rings. The van der Waals surface area contributed by atoms with Crippen LogP contribution >= 0.6 is 11.8 Å². The van der Waals surface area contributed by atoms with Crippen LogP contribution < -0.4 is 4.74 Å². The molecule has 3 rings (SSSR count). The maximum atomic E-state index is 5.37. The molecule has 0 aliphatic heterocycles. The predicted octanol–water partition coefficient (Wildman–Crippen LogP) is 2.65. The third-order valence-electron chi connectivity index (χ3n) is 3.30. The molecule has 0 radical (unpaired) electrons. The number of hydrogen-bond acceptors (Lipinski definition) is 7. The van der Waals surface area contributed by atoms with Gasteiger partial charge in [0.2, 0.25) is 5.89 Å². The summed E-state index contributed by atoms with van der Waals surface area (Å²) in [5.74, 6) is 2.08. The van der Waals surface area contributed by atoms with E-state index >= 15 is 0 Å². The second-order valence-electron chi connectivity index (χ2n) is 5.06. The van der Waals surface area contributed by atoms with Gasteiger partial charge in [-0.3, -0.25) is 0 Å². The zero-order valence-electron chi connectivity index (χ0n) is 13.1. The summed E-state index contributed by atoms with van der Waals surface area (Å²) in [7, 11) is 3.55. The molecule has 2 aromatic heterocycles. The molecule has 1 aromatic carbocycles. The molecular formula is C15H17N5O2S. The molecule has 0 aliphatic carbocycles. The normalized spacial score (nSPS) is 12.3. The predicted molar refractivity (Wildman–Crippen MR) is 85.4 cm³/mol. The average Bonchev–Trinajstić information content (AvgIpc) is 3.18. The molecule has 23 heavy (non-hydrogen) atoms. The second-order valence-corrected chi connectivity index (χ2v) is 6.37. The molecule has 0 bridgehead atoms. The molecule has 120 valence electrons. The number of benzene rings is 1. The fourth-order valence-corrected chi connectivity index (χ4v) is 2.84. The molecule has 0 N–H and O–H groups in total. The Kier molecular flexibility index (Phi) is 4.61. The van der Waals surface area contributed by atoms with E-state index in [4.69, 9.17) is 9.26 Å². The van der Waals surface area contributed by atoms with E-state index < -0.39 is 0 Å². The summed E-state index contributed by atoms with van der Waals surface area (Å²) in [5, 5.41) is 12.8. The molecule has 7 nitrogen and oxygen atoms in total. The molecular weight excluding hydrogens is 314 g/mol. The van der Waals surface area contributed by atoms with E-state index in [1.807, 2.05) is 42.8 Å². The lowest BCUT2D eigenvalue weighted by molar-refractivity contribution is 0.375. The fourth-order valence-electron chi connectivity index (χ4n) is 2.02. The molecule has 0 unspecified atom stereocenters. The largest absolute Gasteiger partial charge is 0.497 e. The highest BCUT2D eigenvalue weighted by molar-refractivity contribution is 7.99. The first kappa shape index (κ1) is 15.5. The van der Waals surface area contributed by atoms with Crippen LogP contribution in [0, 0.1) is 0 Å². The lowest BCUT2D eigenvalue weighted by atomic mass is 10.1. The van der Waals surface area contributed by atoms with Crippen LogP contribution in [0.25, 0.3) is 0 Å². The first-order valence-electron chi connectivity index (χ1n) is 7.12. The quantitative estimate of drug-likeness (QED) is 0.642. The van der Waals surface area contributed by atoms with Crippen LogP contribution in [0.3, 0.4) is 0 Å². The Labute approximate surface area is 138 Å².